The van der Waals surface area contributed by atoms with Crippen LogP contribution in [0.15, 0.2) is 52.5 Å². The minimum Gasteiger partial charge on any atom is -0.493 e. The van der Waals surface area contributed by atoms with Crippen LogP contribution in [0.5, 0.6) is 17.2 Å². The van der Waals surface area contributed by atoms with Gasteiger partial charge in [0, 0.05) is 29.6 Å². The summed E-state index contributed by atoms with van der Waals surface area (Å²) in [5, 5.41) is 35.2. The largest absolute Gasteiger partial charge is 0.493 e. The highest BCUT2D eigenvalue weighted by molar-refractivity contribution is 5.99. The first-order valence-corrected chi connectivity index (χ1v) is 16.8. The highest BCUT2D eigenvalue weighted by atomic mass is 16.5. The van der Waals surface area contributed by atoms with Gasteiger partial charge in [-0.2, -0.15) is 0 Å². The molecule has 0 saturated heterocycles. The highest BCUT2D eigenvalue weighted by Crippen LogP contribution is 2.61. The van der Waals surface area contributed by atoms with E-state index in [0.717, 1.165) is 19.3 Å². The van der Waals surface area contributed by atoms with Crippen molar-refractivity contribution in [1.82, 2.24) is 10.2 Å². The fourth-order valence-corrected chi connectivity index (χ4v) is 8.84. The lowest BCUT2D eigenvalue weighted by molar-refractivity contribution is -0.119. The zero-order chi connectivity index (χ0) is 33.9. The van der Waals surface area contributed by atoms with Gasteiger partial charge in [0.25, 0.3) is 5.91 Å². The van der Waals surface area contributed by atoms with Crippen molar-refractivity contribution in [1.29, 1.82) is 0 Å². The van der Waals surface area contributed by atoms with E-state index in [-0.39, 0.29) is 36.9 Å². The Hall–Kier alpha value is -4.06. The minimum atomic E-state index is -1.23. The normalized spacial score (nSPS) is 28.0. The van der Waals surface area contributed by atoms with Crippen molar-refractivity contribution in [3.05, 3.63) is 64.9 Å². The van der Waals surface area contributed by atoms with E-state index < -0.39 is 36.0 Å². The summed E-state index contributed by atoms with van der Waals surface area (Å²) in [6.45, 7) is 4.48. The van der Waals surface area contributed by atoms with E-state index in [1.807, 2.05) is 12.1 Å². The molecule has 0 radical (unpaired) electrons. The summed E-state index contributed by atoms with van der Waals surface area (Å²) in [4.78, 5) is 30.2. The van der Waals surface area contributed by atoms with E-state index >= 15 is 0 Å². The number of ether oxygens (including phenoxy) is 3. The Balaban J connectivity index is 1.33. The van der Waals surface area contributed by atoms with E-state index in [1.54, 1.807) is 42.4 Å². The minimum absolute atomic E-state index is 0.0258. The van der Waals surface area contributed by atoms with Crippen LogP contribution in [0.4, 0.5) is 0 Å². The van der Waals surface area contributed by atoms with Gasteiger partial charge in [-0.05, 0) is 78.3 Å². The fourth-order valence-electron chi connectivity index (χ4n) is 8.84. The maximum atomic E-state index is 14.7. The van der Waals surface area contributed by atoms with Crippen molar-refractivity contribution in [3.63, 3.8) is 0 Å². The van der Waals surface area contributed by atoms with Gasteiger partial charge in [0.15, 0.2) is 28.6 Å². The zero-order valence-corrected chi connectivity index (χ0v) is 27.8. The molecular weight excluding hydrogens is 616 g/mol. The van der Waals surface area contributed by atoms with Gasteiger partial charge in [0.05, 0.1) is 39.4 Å². The molecule has 0 spiro atoms. The summed E-state index contributed by atoms with van der Waals surface area (Å²) in [7, 11) is 3.04. The first-order chi connectivity index (χ1) is 23.1. The molecule has 48 heavy (non-hydrogen) atoms. The Morgan fingerprint density at radius 1 is 1.08 bits per heavy atom. The summed E-state index contributed by atoms with van der Waals surface area (Å²) in [5.41, 5.74) is 2.08. The van der Waals surface area contributed by atoms with Crippen LogP contribution >= 0.6 is 0 Å². The van der Waals surface area contributed by atoms with E-state index in [4.69, 9.17) is 18.6 Å². The predicted octanol–water partition coefficient (Wildman–Crippen LogP) is 3.78. The van der Waals surface area contributed by atoms with Crippen LogP contribution in [0.25, 0.3) is 11.0 Å². The molecular formula is C37H44N2O9. The zero-order valence-electron chi connectivity index (χ0n) is 27.8. The Bertz CT molecular complexity index is 1760. The molecule has 3 aromatic rings. The Kier molecular flexibility index (Phi) is 8.41. The summed E-state index contributed by atoms with van der Waals surface area (Å²) in [6, 6.07) is 9.62. The monoisotopic (exact) mass is 660 g/mol. The summed E-state index contributed by atoms with van der Waals surface area (Å²) < 4.78 is 23.7. The summed E-state index contributed by atoms with van der Waals surface area (Å²) in [5.74, 6) is 1.07. The Morgan fingerprint density at radius 3 is 2.56 bits per heavy atom. The topological polar surface area (TPSA) is 151 Å². The quantitative estimate of drug-likeness (QED) is 0.255. The van der Waals surface area contributed by atoms with Crippen LogP contribution in [-0.4, -0.2) is 84.2 Å². The molecule has 256 valence electrons. The van der Waals surface area contributed by atoms with Crippen molar-refractivity contribution < 1.29 is 43.5 Å². The number of carbonyl (C=O) groups excluding carboxylic acids is 2. The number of para-hydroxylation sites is 1. The molecule has 7 atom stereocenters. The van der Waals surface area contributed by atoms with Crippen LogP contribution in [0.1, 0.15) is 60.7 Å². The molecule has 2 aromatic carbocycles. The van der Waals surface area contributed by atoms with E-state index in [2.05, 4.69) is 19.2 Å². The standard InChI is InChI=1S/C37H44N2O9/c1-37(2)22-9-8-21(25(37)15-22)17-39(36(44)29-14-20-6-5-7-27(45-3)32(20)47-29)26-16-24(35(43)38-10-11-40)30-23-12-19(18-41)13-28(46-4)33(23)48-34(30)31(26)42/h5-7,12-14,16,21-22,25-26,30-31,34,40-42H,8-11,15,17-18H2,1-4H3,(H,38,43). The summed E-state index contributed by atoms with van der Waals surface area (Å²) >= 11 is 0. The van der Waals surface area contributed by atoms with Gasteiger partial charge in [0.2, 0.25) is 5.91 Å². The molecule has 1 aromatic heterocycles. The average molecular weight is 661 g/mol. The highest BCUT2D eigenvalue weighted by Gasteiger charge is 2.56. The predicted molar refractivity (Wildman–Crippen MR) is 176 cm³/mol. The molecule has 11 heteroatoms. The second kappa shape index (κ2) is 12.4. The van der Waals surface area contributed by atoms with Gasteiger partial charge in [0.1, 0.15) is 12.2 Å². The van der Waals surface area contributed by atoms with Crippen molar-refractivity contribution in [3.8, 4) is 17.2 Å². The molecule has 8 rings (SSSR count). The third-order valence-electron chi connectivity index (χ3n) is 11.5. The van der Waals surface area contributed by atoms with Gasteiger partial charge < -0.3 is 44.2 Å². The van der Waals surface area contributed by atoms with Crippen molar-refractivity contribution in [2.75, 3.05) is 33.9 Å². The number of aliphatic hydroxyl groups is 3. The molecule has 11 nitrogen and oxygen atoms in total. The molecule has 4 aliphatic carbocycles. The number of methoxy groups -OCH3 is 2. The second-order valence-electron chi connectivity index (χ2n) is 14.2. The van der Waals surface area contributed by atoms with Crippen molar-refractivity contribution in [2.45, 2.75) is 63.9 Å². The van der Waals surface area contributed by atoms with E-state index in [9.17, 15) is 24.9 Å². The van der Waals surface area contributed by atoms with Gasteiger partial charge in [-0.3, -0.25) is 9.59 Å². The van der Waals surface area contributed by atoms with Crippen LogP contribution < -0.4 is 19.5 Å². The lowest BCUT2D eigenvalue weighted by Crippen LogP contribution is -2.59. The molecule has 5 aliphatic rings. The number of benzene rings is 2. The van der Waals surface area contributed by atoms with Crippen molar-refractivity contribution >= 4 is 22.8 Å². The smallest absolute Gasteiger partial charge is 0.290 e. The number of nitrogens with zero attached hydrogens (tertiary/aromatic N) is 1. The SMILES string of the molecule is COc1cc(CO)cc2c1OC1C2C(C(=O)NCCO)=CC(N(CC2CCC3CC2C3(C)C)C(=O)c2cc3cccc(OC)c3o2)C1O. The molecule has 2 bridgehead atoms. The van der Waals surface area contributed by atoms with Gasteiger partial charge >= 0.3 is 0 Å². The third kappa shape index (κ3) is 5.14. The number of hydrogen-bond donors (Lipinski definition) is 4. The molecule has 4 N–H and O–H groups in total. The molecule has 1 aliphatic heterocycles. The van der Waals surface area contributed by atoms with Crippen LogP contribution in [0.3, 0.4) is 0 Å². The number of fused-ring (bicyclic) bond motifs is 6. The maximum Gasteiger partial charge on any atom is 0.290 e. The molecule has 2 amide bonds. The van der Waals surface area contributed by atoms with E-state index in [0.29, 0.717) is 63.3 Å². The lowest BCUT2D eigenvalue weighted by atomic mass is 9.45. The molecule has 2 heterocycles. The number of rotatable bonds is 10. The van der Waals surface area contributed by atoms with Crippen LogP contribution in [0.2, 0.25) is 0 Å². The summed E-state index contributed by atoms with van der Waals surface area (Å²) in [6.07, 6.45) is 2.65. The number of amides is 2. The second-order valence-corrected chi connectivity index (χ2v) is 14.2. The third-order valence-corrected chi connectivity index (χ3v) is 11.5. The van der Waals surface area contributed by atoms with Crippen LogP contribution in [-0.2, 0) is 11.4 Å². The number of furan rings is 1. The Labute approximate surface area is 279 Å². The van der Waals surface area contributed by atoms with Gasteiger partial charge in [-0.25, -0.2) is 0 Å². The lowest BCUT2D eigenvalue weighted by Gasteiger charge is -2.61. The Morgan fingerprint density at radius 2 is 1.88 bits per heavy atom. The maximum absolute atomic E-state index is 14.7. The average Bonchev–Trinajstić information content (AvgIpc) is 3.72. The fraction of sp³-hybridized carbons (Fsp3) is 0.514. The first-order valence-electron chi connectivity index (χ1n) is 16.8. The molecule has 3 fully saturated rings. The first kappa shape index (κ1) is 32.5. The van der Waals surface area contributed by atoms with Gasteiger partial charge in [-0.15, -0.1) is 0 Å². The number of aliphatic hydroxyl groups excluding tert-OH is 3. The number of carbonyl (C=O) groups is 2. The van der Waals surface area contributed by atoms with Crippen molar-refractivity contribution in [2.24, 2.45) is 23.2 Å². The molecule has 7 unspecified atom stereocenters. The number of hydrogen-bond acceptors (Lipinski definition) is 9. The molecule has 3 saturated carbocycles. The van der Waals surface area contributed by atoms with Gasteiger partial charge in [-0.1, -0.05) is 26.0 Å². The van der Waals surface area contributed by atoms with Crippen LogP contribution in [0, 0.1) is 23.2 Å². The van der Waals surface area contributed by atoms with E-state index in [1.165, 1.54) is 7.11 Å². The number of nitrogens with one attached hydrogen (secondary N) is 1.